The third-order valence-electron chi connectivity index (χ3n) is 4.08. The van der Waals surface area contributed by atoms with E-state index in [9.17, 15) is 29.8 Å². The van der Waals surface area contributed by atoms with Crippen LogP contribution in [0.15, 0.2) is 77.9 Å². The predicted octanol–water partition coefficient (Wildman–Crippen LogP) is 3.49. The number of nitrogens with one attached hydrogen (secondary N) is 1. The molecule has 0 bridgehead atoms. The lowest BCUT2D eigenvalue weighted by Crippen LogP contribution is -2.17. The molecule has 0 aromatic heterocycles. The molecule has 32 heavy (non-hydrogen) atoms. The molecule has 0 aliphatic rings. The summed E-state index contributed by atoms with van der Waals surface area (Å²) in [4.78, 5) is 44.6. The van der Waals surface area contributed by atoms with Crippen LogP contribution in [-0.4, -0.2) is 27.9 Å². The molecule has 0 unspecified atom stereocenters. The Bertz CT molecular complexity index is 1220. The maximum Gasteiger partial charge on any atom is 0.343 e. The minimum absolute atomic E-state index is 0.0358. The number of hydrogen-bond acceptors (Lipinski definition) is 8. The largest absolute Gasteiger partial charge is 0.423 e. The average Bonchev–Trinajstić information content (AvgIpc) is 2.80. The van der Waals surface area contributed by atoms with E-state index in [1.807, 2.05) is 0 Å². The van der Waals surface area contributed by atoms with Gasteiger partial charge in [-0.2, -0.15) is 5.10 Å². The smallest absolute Gasteiger partial charge is 0.343 e. The maximum absolute atomic E-state index is 12.2. The highest BCUT2D eigenvalue weighted by Gasteiger charge is 2.13. The quantitative estimate of drug-likeness (QED) is 0.196. The Morgan fingerprint density at radius 1 is 0.844 bits per heavy atom. The number of nitrogens with zero attached hydrogens (tertiary/aromatic N) is 3. The van der Waals surface area contributed by atoms with Gasteiger partial charge < -0.3 is 4.74 Å². The van der Waals surface area contributed by atoms with Gasteiger partial charge in [0.2, 0.25) is 0 Å². The van der Waals surface area contributed by atoms with Crippen molar-refractivity contribution in [2.45, 2.75) is 0 Å². The minimum atomic E-state index is -0.751. The highest BCUT2D eigenvalue weighted by atomic mass is 16.6. The van der Waals surface area contributed by atoms with E-state index in [4.69, 9.17) is 4.74 Å². The molecule has 0 heterocycles. The Morgan fingerprint density at radius 3 is 2.00 bits per heavy atom. The van der Waals surface area contributed by atoms with Gasteiger partial charge in [-0.25, -0.2) is 10.2 Å². The van der Waals surface area contributed by atoms with E-state index in [0.717, 1.165) is 12.1 Å². The summed E-state index contributed by atoms with van der Waals surface area (Å²) in [6.07, 6.45) is 1.33. The first kappa shape index (κ1) is 21.8. The number of nitro groups is 2. The van der Waals surface area contributed by atoms with Gasteiger partial charge in [0.25, 0.3) is 17.3 Å². The molecule has 0 atom stereocenters. The summed E-state index contributed by atoms with van der Waals surface area (Å²) in [5.41, 5.74) is 2.52. The third-order valence-corrected chi connectivity index (χ3v) is 4.08. The highest BCUT2D eigenvalue weighted by Crippen LogP contribution is 2.17. The van der Waals surface area contributed by atoms with Gasteiger partial charge in [-0.15, -0.1) is 0 Å². The van der Waals surface area contributed by atoms with Crippen LogP contribution in [-0.2, 0) is 0 Å². The number of non-ortho nitro benzene ring substituents is 2. The second-order valence-electron chi connectivity index (χ2n) is 6.27. The summed E-state index contributed by atoms with van der Waals surface area (Å²) >= 11 is 0. The number of esters is 1. The van der Waals surface area contributed by atoms with E-state index in [0.29, 0.717) is 5.56 Å². The molecular formula is C21H14N4O7. The second kappa shape index (κ2) is 9.71. The van der Waals surface area contributed by atoms with Gasteiger partial charge in [0.15, 0.2) is 0 Å². The molecule has 3 aromatic rings. The highest BCUT2D eigenvalue weighted by molar-refractivity contribution is 5.95. The zero-order chi connectivity index (χ0) is 23.1. The van der Waals surface area contributed by atoms with Crippen LogP contribution in [0.1, 0.15) is 26.3 Å². The van der Waals surface area contributed by atoms with E-state index in [-0.39, 0.29) is 28.3 Å². The van der Waals surface area contributed by atoms with Crippen LogP contribution in [0.4, 0.5) is 11.4 Å². The fourth-order valence-corrected chi connectivity index (χ4v) is 2.53. The van der Waals surface area contributed by atoms with E-state index < -0.39 is 21.7 Å². The maximum atomic E-state index is 12.2. The molecule has 11 heteroatoms. The fourth-order valence-electron chi connectivity index (χ4n) is 2.53. The van der Waals surface area contributed by atoms with E-state index in [1.165, 1.54) is 54.7 Å². The van der Waals surface area contributed by atoms with Crippen LogP contribution in [0.5, 0.6) is 5.75 Å². The van der Waals surface area contributed by atoms with Crippen LogP contribution in [0.3, 0.4) is 0 Å². The third kappa shape index (κ3) is 5.57. The number of nitro benzene ring substituents is 2. The van der Waals surface area contributed by atoms with E-state index in [2.05, 4.69) is 10.5 Å². The normalized spacial score (nSPS) is 10.5. The number of rotatable bonds is 7. The van der Waals surface area contributed by atoms with Crippen molar-refractivity contribution in [3.05, 3.63) is 110 Å². The van der Waals surface area contributed by atoms with Crippen LogP contribution < -0.4 is 10.2 Å². The lowest BCUT2D eigenvalue weighted by molar-refractivity contribution is -0.385. The number of ether oxygens (including phenoxy) is 1. The van der Waals surface area contributed by atoms with Gasteiger partial charge in [0, 0.05) is 29.8 Å². The number of carbonyl (C=O) groups excluding carboxylic acids is 2. The van der Waals surface area contributed by atoms with Crippen LogP contribution >= 0.6 is 0 Å². The zero-order valence-corrected chi connectivity index (χ0v) is 16.2. The standard InChI is InChI=1S/C21H14N4O7/c26-20(15-3-1-5-17(11-15)24(28)29)23-22-13-14-7-9-19(10-8-14)32-21(27)16-4-2-6-18(12-16)25(30)31/h1-13H,(H,23,26)/b22-13-. The van der Waals surface area contributed by atoms with Gasteiger partial charge in [-0.1, -0.05) is 12.1 Å². The summed E-state index contributed by atoms with van der Waals surface area (Å²) in [5.74, 6) is -1.16. The predicted molar refractivity (Wildman–Crippen MR) is 113 cm³/mol. The molecular weight excluding hydrogens is 420 g/mol. The number of amides is 1. The first-order chi connectivity index (χ1) is 15.3. The van der Waals surface area contributed by atoms with Gasteiger partial charge in [-0.3, -0.25) is 25.0 Å². The molecule has 0 saturated carbocycles. The molecule has 160 valence electrons. The summed E-state index contributed by atoms with van der Waals surface area (Å²) < 4.78 is 5.19. The molecule has 1 amide bonds. The number of carbonyl (C=O) groups is 2. The Kier molecular flexibility index (Phi) is 6.61. The first-order valence-corrected chi connectivity index (χ1v) is 8.98. The van der Waals surface area contributed by atoms with Crippen molar-refractivity contribution in [1.82, 2.24) is 5.43 Å². The van der Waals surface area contributed by atoms with Crippen molar-refractivity contribution in [1.29, 1.82) is 0 Å². The summed E-state index contributed by atoms with van der Waals surface area (Å²) in [6.45, 7) is 0. The Hall–Kier alpha value is -4.93. The first-order valence-electron chi connectivity index (χ1n) is 8.98. The van der Waals surface area contributed by atoms with Crippen molar-refractivity contribution >= 4 is 29.5 Å². The van der Waals surface area contributed by atoms with Crippen LogP contribution in [0, 0.1) is 20.2 Å². The second-order valence-corrected chi connectivity index (χ2v) is 6.27. The van der Waals surface area contributed by atoms with Gasteiger partial charge in [0.1, 0.15) is 5.75 Å². The molecule has 0 aliphatic carbocycles. The fraction of sp³-hybridized carbons (Fsp3) is 0. The average molecular weight is 434 g/mol. The SMILES string of the molecule is O=C(N/N=C\c1ccc(OC(=O)c2cccc([N+](=O)[O-])c2)cc1)c1cccc([N+](=O)[O-])c1. The Balaban J connectivity index is 1.59. The monoisotopic (exact) mass is 434 g/mol. The molecule has 0 saturated heterocycles. The van der Waals surface area contributed by atoms with E-state index in [1.54, 1.807) is 12.1 Å². The van der Waals surface area contributed by atoms with Crippen LogP contribution in [0.2, 0.25) is 0 Å². The molecule has 1 N–H and O–H groups in total. The molecule has 3 aromatic carbocycles. The Morgan fingerprint density at radius 2 is 1.41 bits per heavy atom. The summed E-state index contributed by atoms with van der Waals surface area (Å²) in [7, 11) is 0. The van der Waals surface area contributed by atoms with E-state index >= 15 is 0 Å². The molecule has 3 rings (SSSR count). The number of hydrogen-bond donors (Lipinski definition) is 1. The minimum Gasteiger partial charge on any atom is -0.423 e. The van der Waals surface area contributed by atoms with Crippen molar-refractivity contribution in [2.24, 2.45) is 5.10 Å². The molecule has 0 radical (unpaired) electrons. The number of benzene rings is 3. The summed E-state index contributed by atoms with van der Waals surface area (Å²) in [6, 6.07) is 16.5. The lowest BCUT2D eigenvalue weighted by Gasteiger charge is -2.04. The topological polar surface area (TPSA) is 154 Å². The van der Waals surface area contributed by atoms with Crippen molar-refractivity contribution in [3.63, 3.8) is 0 Å². The molecule has 0 spiro atoms. The zero-order valence-electron chi connectivity index (χ0n) is 16.2. The summed E-state index contributed by atoms with van der Waals surface area (Å²) in [5, 5.41) is 25.4. The molecule has 0 fully saturated rings. The van der Waals surface area contributed by atoms with Crippen molar-refractivity contribution in [2.75, 3.05) is 0 Å². The van der Waals surface area contributed by atoms with Crippen LogP contribution in [0.25, 0.3) is 0 Å². The molecule has 11 nitrogen and oxygen atoms in total. The van der Waals surface area contributed by atoms with Gasteiger partial charge in [-0.05, 0) is 42.0 Å². The Labute approximate surface area is 180 Å². The van der Waals surface area contributed by atoms with Gasteiger partial charge in [0.05, 0.1) is 21.6 Å². The number of hydrazone groups is 1. The lowest BCUT2D eigenvalue weighted by atomic mass is 10.2. The van der Waals surface area contributed by atoms with Crippen molar-refractivity contribution in [3.8, 4) is 5.75 Å². The van der Waals surface area contributed by atoms with Crippen molar-refractivity contribution < 1.29 is 24.2 Å². The molecule has 0 aliphatic heterocycles. The van der Waals surface area contributed by atoms with Gasteiger partial charge >= 0.3 is 5.97 Å².